The molecule has 1 rings (SSSR count). The number of halogens is 3. The first kappa shape index (κ1) is 10.1. The van der Waals surface area contributed by atoms with Crippen LogP contribution >= 0.6 is 59.6 Å². The largest absolute Gasteiger partial charge is 0.127 e. The van der Waals surface area contributed by atoms with Crippen molar-refractivity contribution in [3.8, 4) is 0 Å². The van der Waals surface area contributed by atoms with Gasteiger partial charge in [-0.05, 0) is 50.2 Å². The molecule has 0 aliphatic carbocycles. The van der Waals surface area contributed by atoms with Crippen molar-refractivity contribution in [3.05, 3.63) is 25.6 Å². The minimum atomic E-state index is 1.08. The van der Waals surface area contributed by atoms with Crippen molar-refractivity contribution in [1.29, 1.82) is 0 Å². The Morgan fingerprint density at radius 1 is 1.09 bits per heavy atom. The summed E-state index contributed by atoms with van der Waals surface area (Å²) in [6, 6.07) is 4.08. The van der Waals surface area contributed by atoms with Gasteiger partial charge in [0.1, 0.15) is 0 Å². The summed E-state index contributed by atoms with van der Waals surface area (Å²) in [6.45, 7) is 0. The lowest BCUT2D eigenvalue weighted by Crippen LogP contribution is -1.76. The zero-order valence-electron chi connectivity index (χ0n) is 5.70. The Morgan fingerprint density at radius 3 is 1.91 bits per heavy atom. The maximum absolute atomic E-state index is 3.48. The monoisotopic (exact) mass is 358 g/mol. The Kier molecular flexibility index (Phi) is 3.95. The van der Waals surface area contributed by atoms with Gasteiger partial charge in [-0.25, -0.2) is 0 Å². The van der Waals surface area contributed by atoms with Crippen LogP contribution in [0.15, 0.2) is 30.4 Å². The fourth-order valence-corrected chi connectivity index (χ4v) is 4.46. The highest BCUT2D eigenvalue weighted by Gasteiger charge is 2.04. The van der Waals surface area contributed by atoms with E-state index in [4.69, 9.17) is 0 Å². The fourth-order valence-electron chi connectivity index (χ4n) is 0.724. The molecule has 4 heteroatoms. The molecule has 0 bridgehead atoms. The van der Waals surface area contributed by atoms with Crippen molar-refractivity contribution >= 4 is 59.6 Å². The molecule has 0 nitrogen and oxygen atoms in total. The van der Waals surface area contributed by atoms with E-state index in [1.165, 1.54) is 4.90 Å². The highest BCUT2D eigenvalue weighted by molar-refractivity contribution is 9.11. The summed E-state index contributed by atoms with van der Waals surface area (Å²) in [7, 11) is 0. The van der Waals surface area contributed by atoms with Crippen LogP contribution in [-0.2, 0) is 0 Å². The minimum absolute atomic E-state index is 1.08. The Morgan fingerprint density at radius 2 is 1.55 bits per heavy atom. The van der Waals surface area contributed by atoms with Crippen molar-refractivity contribution in [2.45, 2.75) is 4.90 Å². The third-order valence-corrected chi connectivity index (χ3v) is 4.25. The van der Waals surface area contributed by atoms with E-state index < -0.39 is 0 Å². The van der Waals surface area contributed by atoms with Crippen LogP contribution in [0.4, 0.5) is 0 Å². The third-order valence-electron chi connectivity index (χ3n) is 1.17. The number of thioether (sulfide) groups is 1. The Hall–Kier alpha value is 1.01. The van der Waals surface area contributed by atoms with Gasteiger partial charge in [0.25, 0.3) is 0 Å². The van der Waals surface area contributed by atoms with Crippen molar-refractivity contribution in [3.63, 3.8) is 0 Å². The number of hydrogen-bond donors (Lipinski definition) is 0. The van der Waals surface area contributed by atoms with Crippen LogP contribution in [0, 0.1) is 0 Å². The summed E-state index contributed by atoms with van der Waals surface area (Å²) in [5, 5.41) is 0. The Bertz CT molecular complexity index is 249. The first-order valence-electron chi connectivity index (χ1n) is 2.83. The van der Waals surface area contributed by atoms with Crippen LogP contribution in [0.3, 0.4) is 0 Å². The third kappa shape index (κ3) is 2.47. The van der Waals surface area contributed by atoms with E-state index in [1.807, 2.05) is 12.1 Å². The van der Waals surface area contributed by atoms with E-state index in [2.05, 4.69) is 54.0 Å². The van der Waals surface area contributed by atoms with Crippen molar-refractivity contribution < 1.29 is 0 Å². The molecule has 0 fully saturated rings. The molecular weight excluding hydrogens is 356 g/mol. The normalized spacial score (nSPS) is 10.2. The van der Waals surface area contributed by atoms with Gasteiger partial charge in [-0.3, -0.25) is 0 Å². The van der Waals surface area contributed by atoms with Crippen LogP contribution in [-0.4, -0.2) is 6.26 Å². The second-order valence-corrected chi connectivity index (χ2v) is 5.34. The molecular formula is C7H5Br3S. The van der Waals surface area contributed by atoms with Crippen LogP contribution in [0.5, 0.6) is 0 Å². The number of benzene rings is 1. The molecule has 11 heavy (non-hydrogen) atoms. The van der Waals surface area contributed by atoms with Crippen molar-refractivity contribution in [1.82, 2.24) is 0 Å². The molecule has 0 unspecified atom stereocenters. The van der Waals surface area contributed by atoms with Gasteiger partial charge in [0.15, 0.2) is 0 Å². The first-order valence-corrected chi connectivity index (χ1v) is 6.44. The van der Waals surface area contributed by atoms with Gasteiger partial charge in [0.2, 0.25) is 0 Å². The number of rotatable bonds is 1. The predicted molar refractivity (Wildman–Crippen MR) is 61.3 cm³/mol. The van der Waals surface area contributed by atoms with Crippen molar-refractivity contribution in [2.75, 3.05) is 6.26 Å². The molecule has 0 amide bonds. The van der Waals surface area contributed by atoms with Gasteiger partial charge in [-0.15, -0.1) is 11.8 Å². The fraction of sp³-hybridized carbons (Fsp3) is 0.143. The Balaban J connectivity index is 3.25. The smallest absolute Gasteiger partial charge is 0.0355 e. The zero-order chi connectivity index (χ0) is 8.43. The van der Waals surface area contributed by atoms with Crippen molar-refractivity contribution in [2.24, 2.45) is 0 Å². The van der Waals surface area contributed by atoms with Crippen LogP contribution in [0.25, 0.3) is 0 Å². The summed E-state index contributed by atoms with van der Waals surface area (Å²) in [5.74, 6) is 0. The highest BCUT2D eigenvalue weighted by atomic mass is 79.9. The van der Waals surface area contributed by atoms with Gasteiger partial charge >= 0.3 is 0 Å². The molecule has 0 aromatic heterocycles. The van der Waals surface area contributed by atoms with Gasteiger partial charge in [0.05, 0.1) is 0 Å². The molecule has 0 atom stereocenters. The van der Waals surface area contributed by atoms with E-state index in [0.29, 0.717) is 0 Å². The van der Waals surface area contributed by atoms with Gasteiger partial charge < -0.3 is 0 Å². The zero-order valence-corrected chi connectivity index (χ0v) is 11.3. The van der Waals surface area contributed by atoms with Gasteiger partial charge in [-0.2, -0.15) is 0 Å². The molecule has 0 spiro atoms. The summed E-state index contributed by atoms with van der Waals surface area (Å²) >= 11 is 12.1. The van der Waals surface area contributed by atoms with Crippen LogP contribution < -0.4 is 0 Å². The molecule has 60 valence electrons. The molecule has 0 aliphatic rings. The molecule has 0 aliphatic heterocycles. The molecule has 0 heterocycles. The minimum Gasteiger partial charge on any atom is -0.127 e. The topological polar surface area (TPSA) is 0 Å². The molecule has 1 aromatic rings. The summed E-state index contributed by atoms with van der Waals surface area (Å²) < 4.78 is 3.31. The quantitative estimate of drug-likeness (QED) is 0.654. The maximum atomic E-state index is 3.48. The second kappa shape index (κ2) is 4.30. The average Bonchev–Trinajstić information content (AvgIpc) is 1.85. The summed E-state index contributed by atoms with van der Waals surface area (Å²) in [4.78, 5) is 1.23. The lowest BCUT2D eigenvalue weighted by molar-refractivity contribution is 1.34. The van der Waals surface area contributed by atoms with Gasteiger partial charge in [0, 0.05) is 18.3 Å². The maximum Gasteiger partial charge on any atom is 0.0355 e. The standard InChI is InChI=1S/C7H5Br3S/c1-11-7-5(9)2-4(8)3-6(7)10/h2-3H,1H3. The first-order chi connectivity index (χ1) is 5.15. The molecule has 0 saturated carbocycles. The summed E-state index contributed by atoms with van der Waals surface area (Å²) in [5.41, 5.74) is 0. The molecule has 0 N–H and O–H groups in total. The SMILES string of the molecule is CSc1c(Br)cc(Br)cc1Br. The average molecular weight is 361 g/mol. The molecule has 1 aromatic carbocycles. The van der Waals surface area contributed by atoms with E-state index in [-0.39, 0.29) is 0 Å². The van der Waals surface area contributed by atoms with E-state index in [1.54, 1.807) is 11.8 Å². The molecule has 0 saturated heterocycles. The Labute approximate surface area is 95.5 Å². The van der Waals surface area contributed by atoms with E-state index in [9.17, 15) is 0 Å². The van der Waals surface area contributed by atoms with E-state index >= 15 is 0 Å². The van der Waals surface area contributed by atoms with Crippen LogP contribution in [0.1, 0.15) is 0 Å². The predicted octanol–water partition coefficient (Wildman–Crippen LogP) is 4.70. The molecule has 0 radical (unpaired) electrons. The lowest BCUT2D eigenvalue weighted by atomic mass is 10.4. The highest BCUT2D eigenvalue weighted by Crippen LogP contribution is 2.35. The van der Waals surface area contributed by atoms with E-state index in [0.717, 1.165) is 13.4 Å². The van der Waals surface area contributed by atoms with Crippen LogP contribution in [0.2, 0.25) is 0 Å². The summed E-state index contributed by atoms with van der Waals surface area (Å²) in [6.07, 6.45) is 2.05. The number of hydrogen-bond acceptors (Lipinski definition) is 1. The van der Waals surface area contributed by atoms with Gasteiger partial charge in [-0.1, -0.05) is 15.9 Å². The second-order valence-electron chi connectivity index (χ2n) is 1.90. The lowest BCUT2D eigenvalue weighted by Gasteiger charge is -2.03.